The first kappa shape index (κ1) is 12.8. The highest BCUT2D eigenvalue weighted by molar-refractivity contribution is 7.99. The first-order valence-corrected chi connectivity index (χ1v) is 6.20. The molecule has 6 heteroatoms. The van der Waals surface area contributed by atoms with Crippen molar-refractivity contribution in [3.05, 3.63) is 42.1 Å². The summed E-state index contributed by atoms with van der Waals surface area (Å²) in [4.78, 5) is 8.39. The predicted molar refractivity (Wildman–Crippen MR) is 66.7 cm³/mol. The van der Waals surface area contributed by atoms with E-state index < -0.39 is 11.6 Å². The number of benzene rings is 1. The zero-order valence-electron chi connectivity index (χ0n) is 9.65. The Morgan fingerprint density at radius 1 is 1.28 bits per heavy atom. The molecule has 0 aliphatic carbocycles. The van der Waals surface area contributed by atoms with Crippen LogP contribution in [-0.2, 0) is 0 Å². The van der Waals surface area contributed by atoms with Crippen LogP contribution >= 0.6 is 11.8 Å². The van der Waals surface area contributed by atoms with Crippen molar-refractivity contribution >= 4 is 17.7 Å². The Morgan fingerprint density at radius 2 is 2.11 bits per heavy atom. The number of halogens is 2. The molecule has 0 saturated carbocycles. The van der Waals surface area contributed by atoms with Crippen LogP contribution in [0.1, 0.15) is 6.92 Å². The highest BCUT2D eigenvalue weighted by atomic mass is 32.2. The number of nitrogens with one attached hydrogen (secondary N) is 1. The van der Waals surface area contributed by atoms with E-state index in [0.717, 1.165) is 30.0 Å². The van der Waals surface area contributed by atoms with Crippen molar-refractivity contribution in [2.24, 2.45) is 0 Å². The fourth-order valence-electron chi connectivity index (χ4n) is 1.31. The van der Waals surface area contributed by atoms with Gasteiger partial charge < -0.3 is 5.32 Å². The van der Waals surface area contributed by atoms with Gasteiger partial charge >= 0.3 is 0 Å². The van der Waals surface area contributed by atoms with Gasteiger partial charge in [0.05, 0.1) is 4.90 Å². The van der Waals surface area contributed by atoms with Gasteiger partial charge in [-0.05, 0) is 31.2 Å². The second-order valence-corrected chi connectivity index (χ2v) is 4.49. The third-order valence-corrected chi connectivity index (χ3v) is 3.04. The van der Waals surface area contributed by atoms with E-state index in [9.17, 15) is 8.78 Å². The van der Waals surface area contributed by atoms with Crippen molar-refractivity contribution in [2.45, 2.75) is 16.8 Å². The maximum absolute atomic E-state index is 13.5. The summed E-state index contributed by atoms with van der Waals surface area (Å²) in [5.41, 5.74) is 0. The van der Waals surface area contributed by atoms with Gasteiger partial charge in [0, 0.05) is 12.7 Å². The van der Waals surface area contributed by atoms with Gasteiger partial charge in [0.15, 0.2) is 0 Å². The van der Waals surface area contributed by atoms with E-state index in [0.29, 0.717) is 17.5 Å². The minimum atomic E-state index is -0.472. The SMILES string of the molecule is CCNc1nccc(Sc2cc(F)ccc2F)n1. The molecule has 1 heterocycles. The van der Waals surface area contributed by atoms with Crippen LogP contribution in [0.3, 0.4) is 0 Å². The summed E-state index contributed by atoms with van der Waals surface area (Å²) < 4.78 is 26.5. The Morgan fingerprint density at radius 3 is 2.89 bits per heavy atom. The molecule has 18 heavy (non-hydrogen) atoms. The zero-order chi connectivity index (χ0) is 13.0. The van der Waals surface area contributed by atoms with E-state index in [2.05, 4.69) is 15.3 Å². The number of aromatic nitrogens is 2. The summed E-state index contributed by atoms with van der Waals surface area (Å²) in [5, 5.41) is 3.52. The molecule has 0 spiro atoms. The molecule has 0 aliphatic rings. The van der Waals surface area contributed by atoms with Gasteiger partial charge in [-0.3, -0.25) is 0 Å². The third-order valence-electron chi connectivity index (χ3n) is 2.07. The molecule has 1 aromatic carbocycles. The average molecular weight is 267 g/mol. The molecule has 1 aromatic heterocycles. The molecule has 0 fully saturated rings. The summed E-state index contributed by atoms with van der Waals surface area (Å²) in [5.74, 6) is -0.468. The maximum Gasteiger partial charge on any atom is 0.223 e. The Bertz CT molecular complexity index is 549. The van der Waals surface area contributed by atoms with Crippen LogP contribution in [0.2, 0.25) is 0 Å². The Labute approximate surface area is 108 Å². The molecule has 3 nitrogen and oxygen atoms in total. The number of hydrogen-bond donors (Lipinski definition) is 1. The van der Waals surface area contributed by atoms with E-state index in [1.165, 1.54) is 0 Å². The Balaban J connectivity index is 2.22. The highest BCUT2D eigenvalue weighted by Gasteiger charge is 2.07. The van der Waals surface area contributed by atoms with Gasteiger partial charge in [-0.15, -0.1) is 0 Å². The monoisotopic (exact) mass is 267 g/mol. The zero-order valence-corrected chi connectivity index (χ0v) is 10.5. The minimum Gasteiger partial charge on any atom is -0.354 e. The quantitative estimate of drug-likeness (QED) is 0.862. The van der Waals surface area contributed by atoms with E-state index in [-0.39, 0.29) is 4.90 Å². The van der Waals surface area contributed by atoms with Crippen molar-refractivity contribution in [1.29, 1.82) is 0 Å². The molecule has 2 aromatic rings. The Kier molecular flexibility index (Phi) is 4.09. The fourth-order valence-corrected chi connectivity index (χ4v) is 2.13. The van der Waals surface area contributed by atoms with Crippen LogP contribution in [0.5, 0.6) is 0 Å². The smallest absolute Gasteiger partial charge is 0.223 e. The van der Waals surface area contributed by atoms with Crippen molar-refractivity contribution in [2.75, 3.05) is 11.9 Å². The molecule has 1 N–H and O–H groups in total. The standard InChI is InChI=1S/C12H11F2N3S/c1-2-15-12-16-6-5-11(17-12)18-10-7-8(13)3-4-9(10)14/h3-7H,2H2,1H3,(H,15,16,17). The van der Waals surface area contributed by atoms with Gasteiger partial charge in [-0.25, -0.2) is 18.7 Å². The van der Waals surface area contributed by atoms with Gasteiger partial charge in [0.2, 0.25) is 5.95 Å². The molecule has 0 aliphatic heterocycles. The molecule has 0 radical (unpaired) electrons. The average Bonchev–Trinajstić information content (AvgIpc) is 2.35. The lowest BCUT2D eigenvalue weighted by Crippen LogP contribution is -2.01. The van der Waals surface area contributed by atoms with Crippen LogP contribution in [0.4, 0.5) is 14.7 Å². The van der Waals surface area contributed by atoms with Gasteiger partial charge in [-0.1, -0.05) is 11.8 Å². The van der Waals surface area contributed by atoms with E-state index in [1.807, 2.05) is 6.92 Å². The summed E-state index contributed by atoms with van der Waals surface area (Å²) in [6, 6.07) is 4.98. The van der Waals surface area contributed by atoms with Crippen molar-refractivity contribution in [3.63, 3.8) is 0 Å². The van der Waals surface area contributed by atoms with Crippen molar-refractivity contribution in [3.8, 4) is 0 Å². The lowest BCUT2D eigenvalue weighted by Gasteiger charge is -2.05. The van der Waals surface area contributed by atoms with Crippen molar-refractivity contribution in [1.82, 2.24) is 9.97 Å². The Hall–Kier alpha value is -1.69. The maximum atomic E-state index is 13.5. The van der Waals surface area contributed by atoms with Crippen LogP contribution in [0.15, 0.2) is 40.4 Å². The second-order valence-electron chi connectivity index (χ2n) is 3.43. The molecular weight excluding hydrogens is 256 g/mol. The van der Waals surface area contributed by atoms with Crippen molar-refractivity contribution < 1.29 is 8.78 Å². The lowest BCUT2D eigenvalue weighted by molar-refractivity contribution is 0.577. The lowest BCUT2D eigenvalue weighted by atomic mass is 10.3. The summed E-state index contributed by atoms with van der Waals surface area (Å²) in [6.07, 6.45) is 1.57. The highest BCUT2D eigenvalue weighted by Crippen LogP contribution is 2.29. The van der Waals surface area contributed by atoms with Gasteiger partial charge in [0.25, 0.3) is 0 Å². The molecule has 0 amide bonds. The van der Waals surface area contributed by atoms with E-state index >= 15 is 0 Å². The molecule has 0 bridgehead atoms. The van der Waals surface area contributed by atoms with Crippen LogP contribution < -0.4 is 5.32 Å². The van der Waals surface area contributed by atoms with Gasteiger partial charge in [-0.2, -0.15) is 0 Å². The first-order valence-electron chi connectivity index (χ1n) is 5.39. The largest absolute Gasteiger partial charge is 0.354 e. The normalized spacial score (nSPS) is 10.4. The minimum absolute atomic E-state index is 0.205. The summed E-state index contributed by atoms with van der Waals surface area (Å²) >= 11 is 1.06. The predicted octanol–water partition coefficient (Wildman–Crippen LogP) is 3.34. The summed E-state index contributed by atoms with van der Waals surface area (Å²) in [7, 11) is 0. The summed E-state index contributed by atoms with van der Waals surface area (Å²) in [6.45, 7) is 2.62. The number of hydrogen-bond acceptors (Lipinski definition) is 4. The van der Waals surface area contributed by atoms with E-state index in [4.69, 9.17) is 0 Å². The third kappa shape index (κ3) is 3.16. The first-order chi connectivity index (χ1) is 8.69. The topological polar surface area (TPSA) is 37.8 Å². The van der Waals surface area contributed by atoms with Crippen LogP contribution in [0.25, 0.3) is 0 Å². The molecule has 94 valence electrons. The van der Waals surface area contributed by atoms with Crippen LogP contribution in [-0.4, -0.2) is 16.5 Å². The van der Waals surface area contributed by atoms with E-state index in [1.54, 1.807) is 12.3 Å². The molecule has 0 atom stereocenters. The van der Waals surface area contributed by atoms with Crippen LogP contribution in [0, 0.1) is 11.6 Å². The molecule has 2 rings (SSSR count). The fraction of sp³-hybridized carbons (Fsp3) is 0.167. The van der Waals surface area contributed by atoms with Gasteiger partial charge in [0.1, 0.15) is 16.7 Å². The molecule has 0 saturated heterocycles. The molecule has 0 unspecified atom stereocenters. The number of anilines is 1. The second kappa shape index (κ2) is 5.77. The number of nitrogens with zero attached hydrogens (tertiary/aromatic N) is 2. The number of rotatable bonds is 4. The molecular formula is C12H11F2N3S.